The van der Waals surface area contributed by atoms with Gasteiger partial charge in [0.25, 0.3) is 0 Å². The Morgan fingerprint density at radius 1 is 1.47 bits per heavy atom. The van der Waals surface area contributed by atoms with Crippen LogP contribution < -0.4 is 4.90 Å². The third kappa shape index (κ3) is 2.39. The van der Waals surface area contributed by atoms with Crippen LogP contribution in [0.4, 0.5) is 10.1 Å². The number of nitrogens with zero attached hydrogens (tertiary/aromatic N) is 1. The Labute approximate surface area is 102 Å². The normalized spacial score (nSPS) is 19.8. The number of hydrogen-bond acceptors (Lipinski definition) is 2. The van der Waals surface area contributed by atoms with Crippen LogP contribution in [-0.2, 0) is 4.79 Å². The van der Waals surface area contributed by atoms with Gasteiger partial charge in [0.15, 0.2) is 0 Å². The van der Waals surface area contributed by atoms with E-state index in [1.807, 2.05) is 0 Å². The van der Waals surface area contributed by atoms with E-state index >= 15 is 0 Å². The molecule has 1 unspecified atom stereocenters. The Hall–Kier alpha value is -1.62. The van der Waals surface area contributed by atoms with Gasteiger partial charge >= 0.3 is 5.97 Å². The molecule has 1 aromatic carbocycles. The molecule has 0 aliphatic carbocycles. The van der Waals surface area contributed by atoms with Crippen molar-refractivity contribution in [2.75, 3.05) is 11.4 Å². The van der Waals surface area contributed by atoms with Gasteiger partial charge in [-0.25, -0.2) is 9.18 Å². The van der Waals surface area contributed by atoms with Crippen molar-refractivity contribution in [1.82, 2.24) is 0 Å². The van der Waals surface area contributed by atoms with Gasteiger partial charge in [0, 0.05) is 18.7 Å². The van der Waals surface area contributed by atoms with Gasteiger partial charge < -0.3 is 10.0 Å². The van der Waals surface area contributed by atoms with Gasteiger partial charge in [0.2, 0.25) is 5.91 Å². The molecule has 1 aliphatic heterocycles. The lowest BCUT2D eigenvalue weighted by atomic mass is 10.2. The van der Waals surface area contributed by atoms with E-state index < -0.39 is 11.8 Å². The molecule has 1 aliphatic rings. The summed E-state index contributed by atoms with van der Waals surface area (Å²) in [6.45, 7) is 0.267. The van der Waals surface area contributed by atoms with Crippen LogP contribution in [0.3, 0.4) is 0 Å². The predicted octanol–water partition coefficient (Wildman–Crippen LogP) is 1.87. The lowest BCUT2D eigenvalue weighted by Crippen LogP contribution is -2.25. The van der Waals surface area contributed by atoms with Crippen molar-refractivity contribution < 1.29 is 19.1 Å². The molecule has 0 radical (unpaired) electrons. The fraction of sp³-hybridized carbons (Fsp3) is 0.273. The molecule has 1 heterocycles. The van der Waals surface area contributed by atoms with Crippen molar-refractivity contribution in [3.63, 3.8) is 0 Å². The summed E-state index contributed by atoms with van der Waals surface area (Å²) < 4.78 is 13.2. The number of hydrogen-bond donors (Lipinski definition) is 1. The number of amides is 1. The van der Waals surface area contributed by atoms with Gasteiger partial charge in [-0.1, -0.05) is 0 Å². The van der Waals surface area contributed by atoms with E-state index in [4.69, 9.17) is 16.7 Å². The average Bonchev–Trinajstić information content (AvgIpc) is 2.57. The summed E-state index contributed by atoms with van der Waals surface area (Å²) in [5.41, 5.74) is 0.0429. The van der Waals surface area contributed by atoms with Crippen LogP contribution in [-0.4, -0.2) is 28.9 Å². The van der Waals surface area contributed by atoms with Gasteiger partial charge in [-0.05, 0) is 18.2 Å². The Bertz CT molecular complexity index is 492. The zero-order valence-electron chi connectivity index (χ0n) is 8.69. The van der Waals surface area contributed by atoms with Crippen LogP contribution in [0.1, 0.15) is 16.8 Å². The van der Waals surface area contributed by atoms with Crippen molar-refractivity contribution in [2.45, 2.75) is 11.8 Å². The first-order chi connectivity index (χ1) is 7.97. The maximum absolute atomic E-state index is 13.2. The van der Waals surface area contributed by atoms with E-state index in [9.17, 15) is 14.0 Å². The van der Waals surface area contributed by atoms with Gasteiger partial charge in [-0.15, -0.1) is 11.6 Å². The number of carbonyl (C=O) groups is 2. The minimum absolute atomic E-state index is 0.181. The van der Waals surface area contributed by atoms with Crippen LogP contribution in [0, 0.1) is 5.82 Å². The fourth-order valence-electron chi connectivity index (χ4n) is 1.77. The van der Waals surface area contributed by atoms with Crippen LogP contribution in [0.25, 0.3) is 0 Å². The van der Waals surface area contributed by atoms with Crippen molar-refractivity contribution in [2.24, 2.45) is 0 Å². The molecule has 1 amide bonds. The molecule has 1 atom stereocenters. The Morgan fingerprint density at radius 2 is 2.18 bits per heavy atom. The zero-order chi connectivity index (χ0) is 12.6. The highest BCUT2D eigenvalue weighted by Crippen LogP contribution is 2.26. The number of carboxylic acid groups (broad SMARTS) is 1. The lowest BCUT2D eigenvalue weighted by Gasteiger charge is -2.16. The van der Waals surface area contributed by atoms with Crippen molar-refractivity contribution in [3.05, 3.63) is 29.6 Å². The van der Waals surface area contributed by atoms with Crippen molar-refractivity contribution in [3.8, 4) is 0 Å². The minimum atomic E-state index is -1.24. The first-order valence-corrected chi connectivity index (χ1v) is 5.39. The molecular formula is C11H9ClFNO3. The number of halogens is 2. The second-order valence-electron chi connectivity index (χ2n) is 3.81. The lowest BCUT2D eigenvalue weighted by molar-refractivity contribution is -0.117. The highest BCUT2D eigenvalue weighted by atomic mass is 35.5. The molecule has 1 saturated heterocycles. The third-order valence-electron chi connectivity index (χ3n) is 2.52. The SMILES string of the molecule is O=C(O)c1cc(F)cc(N2CC(Cl)CC2=O)c1. The summed E-state index contributed by atoms with van der Waals surface area (Å²) >= 11 is 5.82. The van der Waals surface area contributed by atoms with E-state index in [0.29, 0.717) is 0 Å². The van der Waals surface area contributed by atoms with Gasteiger partial charge in [0.1, 0.15) is 5.82 Å². The molecule has 1 aromatic rings. The smallest absolute Gasteiger partial charge is 0.335 e. The van der Waals surface area contributed by atoms with Crippen LogP contribution in [0.2, 0.25) is 0 Å². The largest absolute Gasteiger partial charge is 0.478 e. The summed E-state index contributed by atoms with van der Waals surface area (Å²) in [6, 6.07) is 3.29. The van der Waals surface area contributed by atoms with Gasteiger partial charge in [-0.2, -0.15) is 0 Å². The minimum Gasteiger partial charge on any atom is -0.478 e. The first-order valence-electron chi connectivity index (χ1n) is 4.95. The molecule has 0 saturated carbocycles. The maximum Gasteiger partial charge on any atom is 0.335 e. The first kappa shape index (κ1) is 11.9. The topological polar surface area (TPSA) is 57.6 Å². The molecule has 6 heteroatoms. The highest BCUT2D eigenvalue weighted by Gasteiger charge is 2.29. The summed E-state index contributed by atoms with van der Waals surface area (Å²) in [7, 11) is 0. The monoisotopic (exact) mass is 257 g/mol. The Morgan fingerprint density at radius 3 is 2.71 bits per heavy atom. The van der Waals surface area contributed by atoms with E-state index in [0.717, 1.165) is 12.1 Å². The summed E-state index contributed by atoms with van der Waals surface area (Å²) in [6.07, 6.45) is 0.181. The molecule has 4 nitrogen and oxygen atoms in total. The van der Waals surface area contributed by atoms with E-state index in [1.54, 1.807) is 0 Å². The number of aromatic carboxylic acids is 1. The number of rotatable bonds is 2. The summed E-state index contributed by atoms with van der Waals surface area (Å²) in [5.74, 6) is -2.16. The number of anilines is 1. The second kappa shape index (κ2) is 4.33. The second-order valence-corrected chi connectivity index (χ2v) is 4.43. The molecule has 0 aromatic heterocycles. The fourth-order valence-corrected chi connectivity index (χ4v) is 2.04. The molecule has 0 bridgehead atoms. The molecular weight excluding hydrogens is 249 g/mol. The highest BCUT2D eigenvalue weighted by molar-refractivity contribution is 6.24. The van der Waals surface area contributed by atoms with Crippen molar-refractivity contribution in [1.29, 1.82) is 0 Å². The molecule has 2 rings (SSSR count). The van der Waals surface area contributed by atoms with Crippen LogP contribution in [0.5, 0.6) is 0 Å². The summed E-state index contributed by atoms with van der Waals surface area (Å²) in [5, 5.41) is 8.48. The molecule has 0 spiro atoms. The van der Waals surface area contributed by atoms with E-state index in [2.05, 4.69) is 0 Å². The van der Waals surface area contributed by atoms with Gasteiger partial charge in [-0.3, -0.25) is 4.79 Å². The third-order valence-corrected chi connectivity index (χ3v) is 2.81. The van der Waals surface area contributed by atoms with E-state index in [-0.39, 0.29) is 35.5 Å². The number of alkyl halides is 1. The number of carboxylic acids is 1. The summed E-state index contributed by atoms with van der Waals surface area (Å²) in [4.78, 5) is 23.6. The number of carbonyl (C=O) groups excluding carboxylic acids is 1. The number of benzene rings is 1. The maximum atomic E-state index is 13.2. The standard InChI is InChI=1S/C11H9ClFNO3/c12-7-3-10(15)14(5-7)9-2-6(11(16)17)1-8(13)4-9/h1-2,4,7H,3,5H2,(H,16,17). The molecule has 90 valence electrons. The Kier molecular flexibility index (Phi) is 3.02. The van der Waals surface area contributed by atoms with Crippen LogP contribution >= 0.6 is 11.6 Å². The van der Waals surface area contributed by atoms with Crippen LogP contribution in [0.15, 0.2) is 18.2 Å². The van der Waals surface area contributed by atoms with Gasteiger partial charge in [0.05, 0.1) is 10.9 Å². The molecule has 1 fully saturated rings. The quantitative estimate of drug-likeness (QED) is 0.823. The average molecular weight is 258 g/mol. The Balaban J connectivity index is 2.39. The molecule has 17 heavy (non-hydrogen) atoms. The zero-order valence-corrected chi connectivity index (χ0v) is 9.45. The predicted molar refractivity (Wildman–Crippen MR) is 60.0 cm³/mol. The van der Waals surface area contributed by atoms with E-state index in [1.165, 1.54) is 11.0 Å². The molecule has 1 N–H and O–H groups in total. The van der Waals surface area contributed by atoms with Crippen molar-refractivity contribution >= 4 is 29.2 Å².